The van der Waals surface area contributed by atoms with Gasteiger partial charge in [-0.1, -0.05) is 32.9 Å². The van der Waals surface area contributed by atoms with Gasteiger partial charge >= 0.3 is 5.97 Å². The fourth-order valence-corrected chi connectivity index (χ4v) is 4.33. The van der Waals surface area contributed by atoms with Crippen LogP contribution in [0.15, 0.2) is 12.2 Å². The number of hydrogen-bond acceptors (Lipinski definition) is 3. The first-order valence-electron chi connectivity index (χ1n) is 6.70. The van der Waals surface area contributed by atoms with Crippen molar-refractivity contribution in [3.05, 3.63) is 22.3 Å². The molecule has 0 aliphatic heterocycles. The molecule has 5 heteroatoms. The molecule has 1 fully saturated rings. The molecule has 0 bridgehead atoms. The molecule has 19 heavy (non-hydrogen) atoms. The predicted molar refractivity (Wildman–Crippen MR) is 70.2 cm³/mol. The van der Waals surface area contributed by atoms with Crippen molar-refractivity contribution in [2.45, 2.75) is 33.6 Å². The highest BCUT2D eigenvalue weighted by molar-refractivity contribution is 5.72. The molecule has 1 saturated carbocycles. The normalized spacial score (nSPS) is 34.5. The first-order chi connectivity index (χ1) is 8.68. The Hall–Kier alpha value is -1.39. The van der Waals surface area contributed by atoms with E-state index in [-0.39, 0.29) is 17.4 Å². The number of carboxylic acid groups (broad SMARTS) is 1. The summed E-state index contributed by atoms with van der Waals surface area (Å²) >= 11 is 0. The van der Waals surface area contributed by atoms with Crippen LogP contribution in [-0.2, 0) is 4.79 Å². The van der Waals surface area contributed by atoms with Gasteiger partial charge in [-0.25, -0.2) is 0 Å². The van der Waals surface area contributed by atoms with Crippen molar-refractivity contribution in [3.8, 4) is 0 Å². The second-order valence-electron chi connectivity index (χ2n) is 7.02. The van der Waals surface area contributed by atoms with Crippen molar-refractivity contribution in [3.63, 3.8) is 0 Å². The average molecular weight is 267 g/mol. The third kappa shape index (κ3) is 2.15. The van der Waals surface area contributed by atoms with Gasteiger partial charge in [0.25, 0.3) is 0 Å². The summed E-state index contributed by atoms with van der Waals surface area (Å²) in [6.45, 7) is 5.34. The maximum Gasteiger partial charge on any atom is 0.307 e. The van der Waals surface area contributed by atoms with Crippen LogP contribution in [0.5, 0.6) is 0 Å². The van der Waals surface area contributed by atoms with Crippen LogP contribution < -0.4 is 0 Å². The van der Waals surface area contributed by atoms with E-state index in [4.69, 9.17) is 0 Å². The maximum atomic E-state index is 11.7. The maximum absolute atomic E-state index is 11.7. The zero-order valence-corrected chi connectivity index (χ0v) is 11.6. The smallest absolute Gasteiger partial charge is 0.307 e. The number of aliphatic carboxylic acids is 1. The van der Waals surface area contributed by atoms with Crippen molar-refractivity contribution >= 4 is 5.97 Å². The Morgan fingerprint density at radius 2 is 2.21 bits per heavy atom. The third-order valence-corrected chi connectivity index (χ3v) is 4.71. The van der Waals surface area contributed by atoms with Crippen LogP contribution in [0, 0.1) is 38.7 Å². The molecule has 1 N–H and O–H groups in total. The lowest BCUT2D eigenvalue weighted by molar-refractivity contribution is -0.510. The van der Waals surface area contributed by atoms with Gasteiger partial charge in [-0.05, 0) is 30.1 Å². The first-order valence-corrected chi connectivity index (χ1v) is 6.70. The first kappa shape index (κ1) is 14.0. The van der Waals surface area contributed by atoms with E-state index in [0.717, 1.165) is 6.42 Å². The van der Waals surface area contributed by atoms with E-state index in [1.165, 1.54) is 0 Å². The van der Waals surface area contributed by atoms with Crippen LogP contribution in [0.1, 0.15) is 33.6 Å². The minimum absolute atomic E-state index is 0.0539. The molecule has 0 spiro atoms. The topological polar surface area (TPSA) is 80.4 Å². The van der Waals surface area contributed by atoms with Crippen LogP contribution in [-0.4, -0.2) is 22.5 Å². The molecule has 0 heterocycles. The Labute approximate surface area is 112 Å². The molecule has 4 atom stereocenters. The summed E-state index contributed by atoms with van der Waals surface area (Å²) in [5, 5.41) is 20.6. The lowest BCUT2D eigenvalue weighted by Gasteiger charge is -2.55. The molecule has 0 saturated heterocycles. The lowest BCUT2D eigenvalue weighted by Crippen LogP contribution is -2.59. The molecule has 0 aromatic carbocycles. The minimum atomic E-state index is -0.909. The van der Waals surface area contributed by atoms with Crippen LogP contribution in [0.3, 0.4) is 0 Å². The average Bonchev–Trinajstić information content (AvgIpc) is 2.55. The van der Waals surface area contributed by atoms with Gasteiger partial charge in [0.15, 0.2) is 0 Å². The van der Waals surface area contributed by atoms with Gasteiger partial charge in [0.2, 0.25) is 6.54 Å². The Balaban J connectivity index is 2.40. The van der Waals surface area contributed by atoms with E-state index in [2.05, 4.69) is 0 Å². The van der Waals surface area contributed by atoms with Crippen molar-refractivity contribution < 1.29 is 14.8 Å². The van der Waals surface area contributed by atoms with Crippen LogP contribution >= 0.6 is 0 Å². The van der Waals surface area contributed by atoms with Crippen LogP contribution in [0.2, 0.25) is 0 Å². The Morgan fingerprint density at radius 1 is 1.58 bits per heavy atom. The summed E-state index contributed by atoms with van der Waals surface area (Å²) in [6.07, 6.45) is 5.62. The monoisotopic (exact) mass is 267 g/mol. The van der Waals surface area contributed by atoms with Gasteiger partial charge in [0.1, 0.15) is 0 Å². The molecular formula is C14H21NO4. The quantitative estimate of drug-likeness (QED) is 0.482. The second kappa shape index (κ2) is 4.32. The van der Waals surface area contributed by atoms with E-state index in [9.17, 15) is 20.0 Å². The summed E-state index contributed by atoms with van der Waals surface area (Å²) in [5.41, 5.74) is -1.20. The van der Waals surface area contributed by atoms with Gasteiger partial charge in [-0.15, -0.1) is 0 Å². The van der Waals surface area contributed by atoms with Crippen molar-refractivity contribution in [1.29, 1.82) is 0 Å². The number of hydrogen-bond donors (Lipinski definition) is 1. The van der Waals surface area contributed by atoms with Gasteiger partial charge in [-0.2, -0.15) is 0 Å². The van der Waals surface area contributed by atoms with Crippen molar-refractivity contribution in [2.75, 3.05) is 6.54 Å². The van der Waals surface area contributed by atoms with Crippen molar-refractivity contribution in [1.82, 2.24) is 0 Å². The van der Waals surface area contributed by atoms with Crippen LogP contribution in [0.25, 0.3) is 0 Å². The Kier molecular flexibility index (Phi) is 3.19. The van der Waals surface area contributed by atoms with E-state index < -0.39 is 22.7 Å². The molecule has 5 nitrogen and oxygen atoms in total. The molecule has 2 rings (SSSR count). The van der Waals surface area contributed by atoms with E-state index in [0.29, 0.717) is 12.3 Å². The number of carboxylic acids is 1. The number of carbonyl (C=O) groups is 1. The Bertz CT molecular complexity index is 437. The molecule has 1 unspecified atom stereocenters. The number of nitro groups is 1. The minimum Gasteiger partial charge on any atom is -0.481 e. The molecule has 2 aliphatic rings. The van der Waals surface area contributed by atoms with E-state index in [1.807, 2.05) is 32.9 Å². The Morgan fingerprint density at radius 3 is 2.63 bits per heavy atom. The van der Waals surface area contributed by atoms with Gasteiger partial charge in [0.05, 0.1) is 11.3 Å². The lowest BCUT2D eigenvalue weighted by atomic mass is 9.46. The molecule has 0 aromatic rings. The fourth-order valence-electron chi connectivity index (χ4n) is 4.33. The van der Waals surface area contributed by atoms with Gasteiger partial charge < -0.3 is 5.11 Å². The van der Waals surface area contributed by atoms with Gasteiger partial charge in [0, 0.05) is 4.92 Å². The van der Waals surface area contributed by atoms with Gasteiger partial charge in [-0.3, -0.25) is 14.9 Å². The number of fused-ring (bicyclic) bond motifs is 1. The zero-order chi connectivity index (χ0) is 14.4. The molecule has 0 radical (unpaired) electrons. The van der Waals surface area contributed by atoms with Crippen LogP contribution in [0.4, 0.5) is 0 Å². The van der Waals surface area contributed by atoms with E-state index >= 15 is 0 Å². The summed E-state index contributed by atoms with van der Waals surface area (Å²) in [7, 11) is 0. The summed E-state index contributed by atoms with van der Waals surface area (Å²) < 4.78 is 0. The molecule has 0 aromatic heterocycles. The molecule has 0 amide bonds. The highest BCUT2D eigenvalue weighted by atomic mass is 16.6. The number of rotatable bonds is 4. The zero-order valence-electron chi connectivity index (χ0n) is 11.6. The van der Waals surface area contributed by atoms with E-state index in [1.54, 1.807) is 0 Å². The third-order valence-electron chi connectivity index (χ3n) is 4.71. The summed E-state index contributed by atoms with van der Waals surface area (Å²) in [4.78, 5) is 22.4. The number of allylic oxidation sites excluding steroid dienone is 2. The predicted octanol–water partition coefficient (Wildman–Crippen LogP) is 2.59. The highest BCUT2D eigenvalue weighted by Crippen LogP contribution is 2.63. The summed E-state index contributed by atoms with van der Waals surface area (Å²) in [5.74, 6) is -1.13. The molecule has 106 valence electrons. The fraction of sp³-hybridized carbons (Fsp3) is 0.786. The SMILES string of the molecule is CC(C)(C)C(C(=O)O)[C@@]1(C[N+](=O)[O-])C[C@H]2CC=C[C@H]21. The highest BCUT2D eigenvalue weighted by Gasteiger charge is 2.64. The van der Waals surface area contributed by atoms with Crippen molar-refractivity contribution in [2.24, 2.45) is 28.6 Å². The second-order valence-corrected chi connectivity index (χ2v) is 7.02. The number of nitrogens with zero attached hydrogens (tertiary/aromatic N) is 1. The molecular weight excluding hydrogens is 246 g/mol. The standard InChI is InChI=1S/C14H21NO4/c1-13(2,3)11(12(16)17)14(8-15(18)19)7-9-5-4-6-10(9)14/h4,6,9-11H,5,7-8H2,1-3H3,(H,16,17)/t9-,10-,11?,14-/m1/s1. The summed E-state index contributed by atoms with van der Waals surface area (Å²) in [6, 6.07) is 0. The largest absolute Gasteiger partial charge is 0.481 e. The molecule has 2 aliphatic carbocycles.